The number of nitrogens with zero attached hydrogens (tertiary/aromatic N) is 3. The lowest BCUT2D eigenvalue weighted by Gasteiger charge is -2.34. The predicted octanol–water partition coefficient (Wildman–Crippen LogP) is 2.66. The second kappa shape index (κ2) is 8.76. The Morgan fingerprint density at radius 2 is 1.57 bits per heavy atom. The summed E-state index contributed by atoms with van der Waals surface area (Å²) in [5.74, 6) is 2.45. The first kappa shape index (κ1) is 20.2. The Labute approximate surface area is 174 Å². The molecule has 0 atom stereocenters. The Morgan fingerprint density at radius 1 is 0.933 bits per heavy atom. The molecule has 0 N–H and O–H groups in total. The van der Waals surface area contributed by atoms with Gasteiger partial charge in [-0.15, -0.1) is 0 Å². The number of fused-ring (bicyclic) bond motifs is 1. The van der Waals surface area contributed by atoms with Crippen molar-refractivity contribution in [1.29, 1.82) is 0 Å². The number of benzene rings is 2. The van der Waals surface area contributed by atoms with Crippen molar-refractivity contribution < 1.29 is 23.9 Å². The van der Waals surface area contributed by atoms with Gasteiger partial charge in [0, 0.05) is 44.8 Å². The zero-order chi connectivity index (χ0) is 21.1. The zero-order valence-electron chi connectivity index (χ0n) is 17.1. The summed E-state index contributed by atoms with van der Waals surface area (Å²) in [4.78, 5) is 15.8. The summed E-state index contributed by atoms with van der Waals surface area (Å²) >= 11 is 0. The molecule has 9 heteroatoms. The van der Waals surface area contributed by atoms with Crippen molar-refractivity contribution in [2.45, 2.75) is 13.1 Å². The Balaban J connectivity index is 1.38. The van der Waals surface area contributed by atoms with E-state index >= 15 is 0 Å². The predicted molar refractivity (Wildman–Crippen MR) is 109 cm³/mol. The highest BCUT2D eigenvalue weighted by atomic mass is 16.7. The Kier molecular flexibility index (Phi) is 5.91. The van der Waals surface area contributed by atoms with Gasteiger partial charge in [0.1, 0.15) is 0 Å². The molecule has 0 saturated carbocycles. The molecule has 0 bridgehead atoms. The van der Waals surface area contributed by atoms with Gasteiger partial charge in [-0.3, -0.25) is 19.9 Å². The maximum Gasteiger partial charge on any atom is 0.277 e. The lowest BCUT2D eigenvalue weighted by atomic mass is 10.1. The molecule has 2 aromatic carbocycles. The SMILES string of the molecule is COc1cc(CN2CCN(Cc3ccc4c(c3)OCO4)CC2)c([N+](=O)[O-])cc1OC. The highest BCUT2D eigenvalue weighted by Crippen LogP contribution is 2.35. The van der Waals surface area contributed by atoms with Crippen LogP contribution in [0.5, 0.6) is 23.0 Å². The van der Waals surface area contributed by atoms with Crippen LogP contribution in [0.3, 0.4) is 0 Å². The van der Waals surface area contributed by atoms with E-state index in [0.717, 1.165) is 44.2 Å². The second-order valence-electron chi connectivity index (χ2n) is 7.33. The molecule has 1 saturated heterocycles. The van der Waals surface area contributed by atoms with E-state index in [0.29, 0.717) is 23.6 Å². The molecule has 9 nitrogen and oxygen atoms in total. The smallest absolute Gasteiger partial charge is 0.277 e. The van der Waals surface area contributed by atoms with Crippen LogP contribution in [0.1, 0.15) is 11.1 Å². The monoisotopic (exact) mass is 415 g/mol. The van der Waals surface area contributed by atoms with Crippen LogP contribution in [0.25, 0.3) is 0 Å². The number of rotatable bonds is 7. The van der Waals surface area contributed by atoms with Crippen molar-refractivity contribution in [2.24, 2.45) is 0 Å². The molecule has 0 spiro atoms. The van der Waals surface area contributed by atoms with Crippen molar-refractivity contribution in [2.75, 3.05) is 47.2 Å². The van der Waals surface area contributed by atoms with Gasteiger partial charge >= 0.3 is 0 Å². The summed E-state index contributed by atoms with van der Waals surface area (Å²) in [5, 5.41) is 11.5. The van der Waals surface area contributed by atoms with Gasteiger partial charge in [-0.25, -0.2) is 0 Å². The largest absolute Gasteiger partial charge is 0.493 e. The summed E-state index contributed by atoms with van der Waals surface area (Å²) in [6, 6.07) is 9.18. The molecule has 2 aliphatic rings. The van der Waals surface area contributed by atoms with E-state index in [-0.39, 0.29) is 17.4 Å². The van der Waals surface area contributed by atoms with Gasteiger partial charge in [0.15, 0.2) is 23.0 Å². The van der Waals surface area contributed by atoms with Gasteiger partial charge in [-0.05, 0) is 23.8 Å². The van der Waals surface area contributed by atoms with Crippen LogP contribution in [-0.2, 0) is 13.1 Å². The van der Waals surface area contributed by atoms with E-state index in [1.807, 2.05) is 12.1 Å². The van der Waals surface area contributed by atoms with Crippen LogP contribution in [0.4, 0.5) is 5.69 Å². The van der Waals surface area contributed by atoms with Crippen LogP contribution in [0.15, 0.2) is 30.3 Å². The molecule has 0 amide bonds. The van der Waals surface area contributed by atoms with Gasteiger partial charge in [-0.2, -0.15) is 0 Å². The van der Waals surface area contributed by atoms with Crippen molar-refractivity contribution in [3.05, 3.63) is 51.6 Å². The summed E-state index contributed by atoms with van der Waals surface area (Å²) in [5.41, 5.74) is 1.86. The lowest BCUT2D eigenvalue weighted by Crippen LogP contribution is -2.45. The minimum Gasteiger partial charge on any atom is -0.493 e. The average Bonchev–Trinajstić information content (AvgIpc) is 3.22. The van der Waals surface area contributed by atoms with E-state index in [4.69, 9.17) is 18.9 Å². The molecule has 0 radical (unpaired) electrons. The Hall–Kier alpha value is -3.04. The number of methoxy groups -OCH3 is 2. The fourth-order valence-corrected chi connectivity index (χ4v) is 3.85. The zero-order valence-corrected chi connectivity index (χ0v) is 17.1. The van der Waals surface area contributed by atoms with E-state index in [2.05, 4.69) is 15.9 Å². The second-order valence-corrected chi connectivity index (χ2v) is 7.33. The highest BCUT2D eigenvalue weighted by Gasteiger charge is 2.24. The van der Waals surface area contributed by atoms with Gasteiger partial charge in [0.25, 0.3) is 5.69 Å². The molecule has 2 heterocycles. The molecule has 4 rings (SSSR count). The molecular weight excluding hydrogens is 390 g/mol. The highest BCUT2D eigenvalue weighted by molar-refractivity contribution is 5.54. The van der Waals surface area contributed by atoms with Gasteiger partial charge in [0.2, 0.25) is 6.79 Å². The van der Waals surface area contributed by atoms with Crippen molar-refractivity contribution in [1.82, 2.24) is 9.80 Å². The summed E-state index contributed by atoms with van der Waals surface area (Å²) in [6.45, 7) is 5.03. The Bertz CT molecular complexity index is 927. The van der Waals surface area contributed by atoms with Crippen molar-refractivity contribution in [3.63, 3.8) is 0 Å². The number of nitro groups is 1. The molecular formula is C21H25N3O6. The first-order valence-corrected chi connectivity index (χ1v) is 9.80. The summed E-state index contributed by atoms with van der Waals surface area (Å²) in [6.07, 6.45) is 0. The molecule has 1 fully saturated rings. The van der Waals surface area contributed by atoms with E-state index in [1.54, 1.807) is 6.07 Å². The molecule has 0 aromatic heterocycles. The third-order valence-corrected chi connectivity index (χ3v) is 5.48. The van der Waals surface area contributed by atoms with E-state index in [9.17, 15) is 10.1 Å². The van der Waals surface area contributed by atoms with Gasteiger partial charge < -0.3 is 18.9 Å². The number of hydrogen-bond acceptors (Lipinski definition) is 8. The minimum atomic E-state index is -0.368. The molecule has 0 unspecified atom stereocenters. The van der Waals surface area contributed by atoms with Crippen molar-refractivity contribution in [3.8, 4) is 23.0 Å². The summed E-state index contributed by atoms with van der Waals surface area (Å²) in [7, 11) is 3.00. The first-order chi connectivity index (χ1) is 14.6. The number of nitro benzene ring substituents is 1. The topological polar surface area (TPSA) is 86.5 Å². The van der Waals surface area contributed by atoms with E-state index in [1.165, 1.54) is 25.8 Å². The third-order valence-electron chi connectivity index (χ3n) is 5.48. The minimum absolute atomic E-state index is 0.0513. The molecule has 2 aromatic rings. The number of ether oxygens (including phenoxy) is 4. The molecule has 2 aliphatic heterocycles. The lowest BCUT2D eigenvalue weighted by molar-refractivity contribution is -0.385. The van der Waals surface area contributed by atoms with Gasteiger partial charge in [-0.1, -0.05) is 6.07 Å². The molecule has 160 valence electrons. The summed E-state index contributed by atoms with van der Waals surface area (Å²) < 4.78 is 21.3. The van der Waals surface area contributed by atoms with Crippen LogP contribution in [0, 0.1) is 10.1 Å². The third kappa shape index (κ3) is 4.27. The molecule has 0 aliphatic carbocycles. The molecule has 30 heavy (non-hydrogen) atoms. The fourth-order valence-electron chi connectivity index (χ4n) is 3.85. The standard InChI is InChI=1S/C21H25N3O6/c1-27-19-10-16(17(24(25)26)11-20(19)28-2)13-23-7-5-22(6-8-23)12-15-3-4-18-21(9-15)30-14-29-18/h3-4,9-11H,5-8,12-14H2,1-2H3. The van der Waals surface area contributed by atoms with Crippen LogP contribution < -0.4 is 18.9 Å². The number of piperazine rings is 1. The van der Waals surface area contributed by atoms with Crippen LogP contribution >= 0.6 is 0 Å². The van der Waals surface area contributed by atoms with E-state index < -0.39 is 0 Å². The van der Waals surface area contributed by atoms with Crippen molar-refractivity contribution >= 4 is 5.69 Å². The average molecular weight is 415 g/mol. The maximum atomic E-state index is 11.5. The first-order valence-electron chi connectivity index (χ1n) is 9.80. The van der Waals surface area contributed by atoms with Crippen LogP contribution in [0.2, 0.25) is 0 Å². The number of hydrogen-bond donors (Lipinski definition) is 0. The maximum absolute atomic E-state index is 11.5. The van der Waals surface area contributed by atoms with Gasteiger partial charge in [0.05, 0.1) is 25.2 Å². The normalized spacial score (nSPS) is 16.5. The fraction of sp³-hybridized carbons (Fsp3) is 0.429. The Morgan fingerprint density at radius 3 is 2.23 bits per heavy atom. The quantitative estimate of drug-likeness (QED) is 0.504. The van der Waals surface area contributed by atoms with Crippen LogP contribution in [-0.4, -0.2) is 61.9 Å².